The van der Waals surface area contributed by atoms with Gasteiger partial charge in [0.15, 0.2) is 11.1 Å². The molecule has 0 amide bonds. The maximum atomic E-state index is 11.5. The smallest absolute Gasteiger partial charge is 0.159 e. The summed E-state index contributed by atoms with van der Waals surface area (Å²) in [6.45, 7) is 8.00. The normalized spacial score (nSPS) is 14.2. The van der Waals surface area contributed by atoms with Gasteiger partial charge in [0.1, 0.15) is 0 Å². The monoisotopic (exact) mass is 274 g/mol. The van der Waals surface area contributed by atoms with Crippen LogP contribution in [-0.2, 0) is 15.3 Å². The average Bonchev–Trinajstić information content (AvgIpc) is 2.24. The maximum absolute atomic E-state index is 11.5. The Kier molecular flexibility index (Phi) is 10.7. The lowest BCUT2D eigenvalue weighted by molar-refractivity contribution is 0.153. The molecule has 0 aromatic rings. The summed E-state index contributed by atoms with van der Waals surface area (Å²) >= 11 is -1.19. The molecule has 0 aliphatic carbocycles. The summed E-state index contributed by atoms with van der Waals surface area (Å²) in [7, 11) is 0. The molecule has 0 aliphatic heterocycles. The van der Waals surface area contributed by atoms with E-state index in [1.54, 1.807) is 0 Å². The summed E-state index contributed by atoms with van der Waals surface area (Å²) in [5.41, 5.74) is -0.321. The third-order valence-corrected chi connectivity index (χ3v) is 3.62. The molecule has 1 unspecified atom stereocenters. The molecule has 0 N–H and O–H groups in total. The summed E-state index contributed by atoms with van der Waals surface area (Å²) < 4.78 is 16.8. The van der Waals surface area contributed by atoms with E-state index in [-0.39, 0.29) is 5.60 Å². The predicted molar refractivity (Wildman–Crippen MR) is 81.0 cm³/mol. The van der Waals surface area contributed by atoms with Gasteiger partial charge in [-0.2, -0.15) is 0 Å². The molecule has 0 heterocycles. The fourth-order valence-electron chi connectivity index (χ4n) is 1.62. The van der Waals surface area contributed by atoms with E-state index < -0.39 is 11.1 Å². The molecule has 0 aromatic heterocycles. The van der Waals surface area contributed by atoms with Crippen molar-refractivity contribution in [3.05, 3.63) is 12.2 Å². The van der Waals surface area contributed by atoms with Crippen molar-refractivity contribution in [3.63, 3.8) is 0 Å². The first-order valence-corrected chi connectivity index (χ1v) is 8.43. The molecule has 0 saturated carbocycles. The Hall–Kier alpha value is -0.150. The van der Waals surface area contributed by atoms with E-state index in [4.69, 9.17) is 4.18 Å². The second-order valence-electron chi connectivity index (χ2n) is 5.69. The van der Waals surface area contributed by atoms with Crippen molar-refractivity contribution in [2.24, 2.45) is 0 Å². The van der Waals surface area contributed by atoms with E-state index in [1.165, 1.54) is 38.5 Å². The Bertz CT molecular complexity index is 241. The first kappa shape index (κ1) is 17.8. The summed E-state index contributed by atoms with van der Waals surface area (Å²) in [5, 5.41) is 0. The largest absolute Gasteiger partial charge is 0.285 e. The van der Waals surface area contributed by atoms with Crippen LogP contribution in [0.15, 0.2) is 12.2 Å². The van der Waals surface area contributed by atoms with Gasteiger partial charge >= 0.3 is 0 Å². The Morgan fingerprint density at radius 3 is 2.22 bits per heavy atom. The lowest BCUT2D eigenvalue weighted by atomic mass is 10.1. The van der Waals surface area contributed by atoms with Gasteiger partial charge in [-0.3, -0.25) is 4.18 Å². The lowest BCUT2D eigenvalue weighted by Gasteiger charge is -2.16. The number of hydrogen-bond acceptors (Lipinski definition) is 2. The number of allylic oxidation sites excluding steroid dienone is 1. The molecule has 0 radical (unpaired) electrons. The molecule has 0 aliphatic rings. The minimum absolute atomic E-state index is 0.321. The third kappa shape index (κ3) is 13.9. The first-order chi connectivity index (χ1) is 8.45. The van der Waals surface area contributed by atoms with Crippen molar-refractivity contribution < 1.29 is 8.39 Å². The lowest BCUT2D eigenvalue weighted by Crippen LogP contribution is -2.21. The average molecular weight is 274 g/mol. The topological polar surface area (TPSA) is 26.3 Å². The van der Waals surface area contributed by atoms with Crippen LogP contribution in [0.3, 0.4) is 0 Å². The number of rotatable bonds is 10. The quantitative estimate of drug-likeness (QED) is 0.423. The van der Waals surface area contributed by atoms with Crippen molar-refractivity contribution in [2.75, 3.05) is 5.75 Å². The molecule has 2 nitrogen and oxygen atoms in total. The Labute approximate surface area is 116 Å². The third-order valence-electron chi connectivity index (χ3n) is 2.47. The van der Waals surface area contributed by atoms with Crippen molar-refractivity contribution in [1.82, 2.24) is 0 Å². The molecule has 3 heteroatoms. The predicted octanol–water partition coefficient (Wildman–Crippen LogP) is 4.77. The molecule has 18 heavy (non-hydrogen) atoms. The number of unbranched alkanes of at least 4 members (excludes halogenated alkanes) is 6. The molecular formula is C15H30O2S. The van der Waals surface area contributed by atoms with Crippen molar-refractivity contribution in [1.29, 1.82) is 0 Å². The molecule has 1 atom stereocenters. The van der Waals surface area contributed by atoms with Gasteiger partial charge in [-0.1, -0.05) is 51.2 Å². The van der Waals surface area contributed by atoms with Crippen LogP contribution < -0.4 is 0 Å². The van der Waals surface area contributed by atoms with Crippen molar-refractivity contribution in [2.45, 2.75) is 78.2 Å². The van der Waals surface area contributed by atoms with Crippen LogP contribution in [0.25, 0.3) is 0 Å². The summed E-state index contributed by atoms with van der Waals surface area (Å²) in [4.78, 5) is 0. The molecule has 0 aromatic carbocycles. The Morgan fingerprint density at radius 1 is 1.00 bits per heavy atom. The van der Waals surface area contributed by atoms with E-state index >= 15 is 0 Å². The molecule has 0 saturated heterocycles. The van der Waals surface area contributed by atoms with Crippen molar-refractivity contribution in [3.8, 4) is 0 Å². The maximum Gasteiger partial charge on any atom is 0.159 e. The van der Waals surface area contributed by atoms with Gasteiger partial charge in [-0.25, -0.2) is 4.21 Å². The van der Waals surface area contributed by atoms with Gasteiger partial charge < -0.3 is 0 Å². The highest BCUT2D eigenvalue weighted by molar-refractivity contribution is 7.80. The SMILES string of the molecule is CCCCCCCC/C=C/CS(=O)OC(C)(C)C. The molecule has 0 rings (SSSR count). The minimum atomic E-state index is -1.19. The van der Waals surface area contributed by atoms with Gasteiger partial charge in [-0.05, 0) is 33.6 Å². The molecular weight excluding hydrogens is 244 g/mol. The highest BCUT2D eigenvalue weighted by Gasteiger charge is 2.13. The van der Waals surface area contributed by atoms with Gasteiger partial charge in [-0.15, -0.1) is 0 Å². The zero-order valence-corrected chi connectivity index (χ0v) is 13.4. The van der Waals surface area contributed by atoms with Crippen LogP contribution in [0, 0.1) is 0 Å². The van der Waals surface area contributed by atoms with Crippen LogP contribution in [0.2, 0.25) is 0 Å². The Balaban J connectivity index is 3.40. The summed E-state index contributed by atoms with van der Waals surface area (Å²) in [5.74, 6) is 0.507. The van der Waals surface area contributed by atoms with E-state index in [0.29, 0.717) is 5.75 Å². The molecule has 0 fully saturated rings. The van der Waals surface area contributed by atoms with E-state index in [1.807, 2.05) is 26.8 Å². The fourth-order valence-corrected chi connectivity index (χ4v) is 2.54. The van der Waals surface area contributed by atoms with Gasteiger partial charge in [0.2, 0.25) is 0 Å². The van der Waals surface area contributed by atoms with Crippen LogP contribution in [0.5, 0.6) is 0 Å². The zero-order valence-electron chi connectivity index (χ0n) is 12.5. The highest BCUT2D eigenvalue weighted by atomic mass is 32.2. The van der Waals surface area contributed by atoms with Crippen LogP contribution in [0.4, 0.5) is 0 Å². The second kappa shape index (κ2) is 10.7. The molecule has 108 valence electrons. The van der Waals surface area contributed by atoms with Crippen LogP contribution in [-0.4, -0.2) is 15.6 Å². The van der Waals surface area contributed by atoms with Gasteiger partial charge in [0, 0.05) is 0 Å². The van der Waals surface area contributed by atoms with Crippen LogP contribution >= 0.6 is 0 Å². The number of hydrogen-bond donors (Lipinski definition) is 0. The van der Waals surface area contributed by atoms with Crippen LogP contribution in [0.1, 0.15) is 72.6 Å². The molecule has 0 spiro atoms. The highest BCUT2D eigenvalue weighted by Crippen LogP contribution is 2.10. The summed E-state index contributed by atoms with van der Waals surface area (Å²) in [6.07, 6.45) is 13.1. The zero-order chi connectivity index (χ0) is 13.9. The molecule has 0 bridgehead atoms. The summed E-state index contributed by atoms with van der Waals surface area (Å²) in [6, 6.07) is 0. The van der Waals surface area contributed by atoms with Gasteiger partial charge in [0.25, 0.3) is 0 Å². The fraction of sp³-hybridized carbons (Fsp3) is 0.867. The van der Waals surface area contributed by atoms with E-state index in [9.17, 15) is 4.21 Å². The van der Waals surface area contributed by atoms with E-state index in [0.717, 1.165) is 6.42 Å². The van der Waals surface area contributed by atoms with Gasteiger partial charge in [0.05, 0.1) is 11.4 Å². The Morgan fingerprint density at radius 2 is 1.61 bits per heavy atom. The standard InChI is InChI=1S/C15H30O2S/c1-5-6-7-8-9-10-11-12-13-14-18(16)17-15(2,3)4/h12-13H,5-11,14H2,1-4H3/b13-12+. The first-order valence-electron chi connectivity index (χ1n) is 7.18. The second-order valence-corrected chi connectivity index (χ2v) is 6.80. The van der Waals surface area contributed by atoms with Crippen molar-refractivity contribution >= 4 is 11.1 Å². The minimum Gasteiger partial charge on any atom is -0.285 e. The van der Waals surface area contributed by atoms with E-state index in [2.05, 4.69) is 13.0 Å².